The van der Waals surface area contributed by atoms with Gasteiger partial charge in [0, 0.05) is 31.4 Å². The smallest absolute Gasteiger partial charge is 0.256 e. The van der Waals surface area contributed by atoms with Crippen LogP contribution in [0.25, 0.3) is 10.9 Å². The molecule has 0 aliphatic heterocycles. The highest BCUT2D eigenvalue weighted by Gasteiger charge is 2.18. The van der Waals surface area contributed by atoms with Crippen LogP contribution in [0.3, 0.4) is 0 Å². The van der Waals surface area contributed by atoms with Crippen LogP contribution in [-0.4, -0.2) is 34.4 Å². The Kier molecular flexibility index (Phi) is 5.00. The fraction of sp³-hybridized carbons (Fsp3) is 0.250. The van der Waals surface area contributed by atoms with E-state index in [0.29, 0.717) is 12.1 Å². The molecule has 3 rings (SSSR count). The van der Waals surface area contributed by atoms with Crippen molar-refractivity contribution in [3.8, 4) is 0 Å². The average molecular weight is 354 g/mol. The maximum atomic E-state index is 12.8. The van der Waals surface area contributed by atoms with E-state index in [2.05, 4.69) is 16.0 Å². The molecule has 4 nitrogen and oxygen atoms in total. The van der Waals surface area contributed by atoms with Gasteiger partial charge in [-0.25, -0.2) is 4.98 Å². The number of likely N-dealkylation sites (N-methyl/N-ethyl adjacent to an activating group) is 1. The van der Waals surface area contributed by atoms with Gasteiger partial charge in [0.25, 0.3) is 5.91 Å². The van der Waals surface area contributed by atoms with Gasteiger partial charge < -0.3 is 4.90 Å². The molecule has 0 aliphatic carbocycles. The van der Waals surface area contributed by atoms with Gasteiger partial charge in [0.1, 0.15) is 5.15 Å². The standard InChI is InChI=1S/C20H20ClN3O/c1-13-10-14(2)18-16(11-13)12-17(19(21)23-18)20(25)24(3)9-6-15-4-7-22-8-5-15/h4-5,7-8,10-12H,6,9H2,1-3H3. The van der Waals surface area contributed by atoms with Crippen LogP contribution < -0.4 is 0 Å². The molecule has 2 heterocycles. The molecule has 0 saturated heterocycles. The van der Waals surface area contributed by atoms with Crippen LogP contribution in [0.2, 0.25) is 5.15 Å². The van der Waals surface area contributed by atoms with E-state index >= 15 is 0 Å². The van der Waals surface area contributed by atoms with Crippen LogP contribution in [0.4, 0.5) is 0 Å². The molecule has 1 aromatic carbocycles. The van der Waals surface area contributed by atoms with Gasteiger partial charge in [-0.05, 0) is 55.7 Å². The monoisotopic (exact) mass is 353 g/mol. The second-order valence-electron chi connectivity index (χ2n) is 6.31. The number of amides is 1. The van der Waals surface area contributed by atoms with Crippen LogP contribution in [0, 0.1) is 13.8 Å². The van der Waals surface area contributed by atoms with Gasteiger partial charge in [-0.2, -0.15) is 0 Å². The SMILES string of the molecule is Cc1cc(C)c2nc(Cl)c(C(=O)N(C)CCc3ccncc3)cc2c1. The molecule has 25 heavy (non-hydrogen) atoms. The van der Waals surface area contributed by atoms with Crippen molar-refractivity contribution in [3.63, 3.8) is 0 Å². The van der Waals surface area contributed by atoms with Crippen molar-refractivity contribution in [2.24, 2.45) is 0 Å². The van der Waals surface area contributed by atoms with E-state index in [1.54, 1.807) is 24.3 Å². The van der Waals surface area contributed by atoms with E-state index in [1.165, 1.54) is 0 Å². The summed E-state index contributed by atoms with van der Waals surface area (Å²) in [6.07, 6.45) is 4.28. The molecule has 2 aromatic heterocycles. The molecule has 0 fully saturated rings. The Morgan fingerprint density at radius 3 is 2.60 bits per heavy atom. The lowest BCUT2D eigenvalue weighted by molar-refractivity contribution is 0.0796. The highest BCUT2D eigenvalue weighted by atomic mass is 35.5. The van der Waals surface area contributed by atoms with E-state index in [1.807, 2.05) is 38.1 Å². The number of benzene rings is 1. The molecule has 0 atom stereocenters. The van der Waals surface area contributed by atoms with Crippen molar-refractivity contribution in [2.75, 3.05) is 13.6 Å². The van der Waals surface area contributed by atoms with Crippen LogP contribution >= 0.6 is 11.6 Å². The highest BCUT2D eigenvalue weighted by Crippen LogP contribution is 2.25. The van der Waals surface area contributed by atoms with Crippen molar-refractivity contribution in [1.29, 1.82) is 0 Å². The molecule has 0 N–H and O–H groups in total. The minimum Gasteiger partial charge on any atom is -0.341 e. The second-order valence-corrected chi connectivity index (χ2v) is 6.67. The molecular weight excluding hydrogens is 334 g/mol. The Hall–Kier alpha value is -2.46. The van der Waals surface area contributed by atoms with E-state index in [4.69, 9.17) is 11.6 Å². The third-order valence-corrected chi connectivity index (χ3v) is 4.56. The number of carbonyl (C=O) groups is 1. The number of rotatable bonds is 4. The Balaban J connectivity index is 1.84. The van der Waals surface area contributed by atoms with Gasteiger partial charge >= 0.3 is 0 Å². The van der Waals surface area contributed by atoms with Gasteiger partial charge in [0.15, 0.2) is 0 Å². The summed E-state index contributed by atoms with van der Waals surface area (Å²) in [5.74, 6) is -0.118. The van der Waals surface area contributed by atoms with Gasteiger partial charge in [-0.3, -0.25) is 9.78 Å². The number of hydrogen-bond donors (Lipinski definition) is 0. The van der Waals surface area contributed by atoms with Crippen LogP contribution in [0.1, 0.15) is 27.0 Å². The van der Waals surface area contributed by atoms with Crippen molar-refractivity contribution < 1.29 is 4.79 Å². The minimum atomic E-state index is -0.118. The minimum absolute atomic E-state index is 0.118. The normalized spacial score (nSPS) is 10.9. The zero-order valence-electron chi connectivity index (χ0n) is 14.6. The summed E-state index contributed by atoms with van der Waals surface area (Å²) in [4.78, 5) is 22.9. The molecule has 0 unspecified atom stereocenters. The summed E-state index contributed by atoms with van der Waals surface area (Å²) in [5, 5.41) is 1.19. The number of hydrogen-bond acceptors (Lipinski definition) is 3. The fourth-order valence-electron chi connectivity index (χ4n) is 2.93. The quantitative estimate of drug-likeness (QED) is 0.660. The lowest BCUT2D eigenvalue weighted by atomic mass is 10.0. The number of aromatic nitrogens is 2. The Morgan fingerprint density at radius 1 is 1.16 bits per heavy atom. The molecule has 1 amide bonds. The topological polar surface area (TPSA) is 46.1 Å². The van der Waals surface area contributed by atoms with Crippen LogP contribution in [0.15, 0.2) is 42.7 Å². The molecular formula is C20H20ClN3O. The molecule has 0 radical (unpaired) electrons. The average Bonchev–Trinajstić information content (AvgIpc) is 2.60. The Labute approximate surface area is 152 Å². The van der Waals surface area contributed by atoms with E-state index < -0.39 is 0 Å². The molecule has 0 spiro atoms. The molecule has 0 aliphatic rings. The van der Waals surface area contributed by atoms with E-state index in [-0.39, 0.29) is 11.1 Å². The summed E-state index contributed by atoms with van der Waals surface area (Å²) in [6, 6.07) is 9.84. The number of aryl methyl sites for hydroxylation is 2. The molecule has 5 heteroatoms. The molecule has 128 valence electrons. The predicted octanol–water partition coefficient (Wildman–Crippen LogP) is 4.21. The van der Waals surface area contributed by atoms with Gasteiger partial charge in [0.2, 0.25) is 0 Å². The van der Waals surface area contributed by atoms with E-state index in [0.717, 1.165) is 34.0 Å². The maximum absolute atomic E-state index is 12.8. The first kappa shape index (κ1) is 17.4. The number of carbonyl (C=O) groups excluding carboxylic acids is 1. The Morgan fingerprint density at radius 2 is 1.88 bits per heavy atom. The lowest BCUT2D eigenvalue weighted by Crippen LogP contribution is -2.29. The van der Waals surface area contributed by atoms with Crippen molar-refractivity contribution in [2.45, 2.75) is 20.3 Å². The molecule has 0 saturated carbocycles. The number of fused-ring (bicyclic) bond motifs is 1. The first-order chi connectivity index (χ1) is 12.0. The molecule has 3 aromatic rings. The fourth-order valence-corrected chi connectivity index (χ4v) is 3.15. The lowest BCUT2D eigenvalue weighted by Gasteiger charge is -2.18. The largest absolute Gasteiger partial charge is 0.341 e. The predicted molar refractivity (Wildman–Crippen MR) is 101 cm³/mol. The van der Waals surface area contributed by atoms with Crippen molar-refractivity contribution in [1.82, 2.24) is 14.9 Å². The summed E-state index contributed by atoms with van der Waals surface area (Å²) in [5.41, 5.74) is 4.62. The van der Waals surface area contributed by atoms with Gasteiger partial charge in [0.05, 0.1) is 11.1 Å². The summed E-state index contributed by atoms with van der Waals surface area (Å²) in [6.45, 7) is 4.63. The summed E-state index contributed by atoms with van der Waals surface area (Å²) in [7, 11) is 1.78. The highest BCUT2D eigenvalue weighted by molar-refractivity contribution is 6.33. The number of nitrogens with zero attached hydrogens (tertiary/aromatic N) is 3. The van der Waals surface area contributed by atoms with Gasteiger partial charge in [-0.15, -0.1) is 0 Å². The number of pyridine rings is 2. The second kappa shape index (κ2) is 7.19. The zero-order valence-corrected chi connectivity index (χ0v) is 15.3. The third kappa shape index (κ3) is 3.80. The summed E-state index contributed by atoms with van der Waals surface area (Å²) >= 11 is 6.30. The van der Waals surface area contributed by atoms with Crippen molar-refractivity contribution in [3.05, 3.63) is 70.1 Å². The number of halogens is 1. The first-order valence-electron chi connectivity index (χ1n) is 8.17. The molecule has 0 bridgehead atoms. The van der Waals surface area contributed by atoms with Crippen LogP contribution in [0.5, 0.6) is 0 Å². The summed E-state index contributed by atoms with van der Waals surface area (Å²) < 4.78 is 0. The Bertz CT molecular complexity index is 925. The van der Waals surface area contributed by atoms with Crippen LogP contribution in [-0.2, 0) is 6.42 Å². The zero-order chi connectivity index (χ0) is 18.0. The third-order valence-electron chi connectivity index (χ3n) is 4.27. The maximum Gasteiger partial charge on any atom is 0.256 e. The van der Waals surface area contributed by atoms with Gasteiger partial charge in [-0.1, -0.05) is 23.2 Å². The van der Waals surface area contributed by atoms with Crippen molar-refractivity contribution >= 4 is 28.4 Å². The van der Waals surface area contributed by atoms with E-state index in [9.17, 15) is 4.79 Å². The first-order valence-corrected chi connectivity index (χ1v) is 8.55.